The van der Waals surface area contributed by atoms with E-state index in [4.69, 9.17) is 14.2 Å². The van der Waals surface area contributed by atoms with Crippen molar-refractivity contribution in [1.29, 1.82) is 0 Å². The maximum absolute atomic E-state index is 6.08. The van der Waals surface area contributed by atoms with Gasteiger partial charge in [-0.3, -0.25) is 0 Å². The first kappa shape index (κ1) is 16.5. The molecule has 3 heterocycles. The minimum absolute atomic E-state index is 0.377. The number of fused-ring (bicyclic) bond motifs is 3. The molecule has 1 aromatic heterocycles. The van der Waals surface area contributed by atoms with Crippen LogP contribution >= 0.6 is 0 Å². The quantitative estimate of drug-likeness (QED) is 0.679. The summed E-state index contributed by atoms with van der Waals surface area (Å²) in [4.78, 5) is 8.36. The number of methoxy groups -OCH3 is 1. The molecule has 2 aromatic carbocycles. The summed E-state index contributed by atoms with van der Waals surface area (Å²) >= 11 is 0. The third kappa shape index (κ3) is 3.23. The zero-order chi connectivity index (χ0) is 18.2. The Morgan fingerprint density at radius 1 is 1.00 bits per heavy atom. The van der Waals surface area contributed by atoms with Crippen LogP contribution in [-0.2, 0) is 4.74 Å². The van der Waals surface area contributed by atoms with Crippen molar-refractivity contribution < 1.29 is 14.2 Å². The highest BCUT2D eigenvalue weighted by Gasteiger charge is 2.40. The van der Waals surface area contributed by atoms with E-state index in [1.807, 2.05) is 6.07 Å². The standard InChI is InChI=1S/C22H22N2O3/c1-25-22-23-11-18(12-24-22)15-2-3-16-9-19(5-4-14(16)8-15)26-13-17-10-20-6-7-21(17)27-20/h2-5,8-9,11-12,17,20-21H,6-7,10,13H2,1H3/t17-,20+,21-/m1/s1. The van der Waals surface area contributed by atoms with E-state index >= 15 is 0 Å². The molecule has 2 bridgehead atoms. The van der Waals surface area contributed by atoms with Crippen molar-refractivity contribution in [1.82, 2.24) is 9.97 Å². The Hall–Kier alpha value is -2.66. The third-order valence-corrected chi connectivity index (χ3v) is 5.65. The van der Waals surface area contributed by atoms with Gasteiger partial charge >= 0.3 is 6.01 Å². The summed E-state index contributed by atoms with van der Waals surface area (Å²) in [5.41, 5.74) is 2.05. The molecule has 0 saturated carbocycles. The molecule has 0 amide bonds. The Bertz CT molecular complexity index is 957. The molecule has 0 unspecified atom stereocenters. The molecule has 2 aliphatic heterocycles. The number of hydrogen-bond donors (Lipinski definition) is 0. The van der Waals surface area contributed by atoms with Gasteiger partial charge in [-0.2, -0.15) is 0 Å². The van der Waals surface area contributed by atoms with Gasteiger partial charge in [-0.25, -0.2) is 9.97 Å². The van der Waals surface area contributed by atoms with Crippen molar-refractivity contribution in [3.05, 3.63) is 48.8 Å². The van der Waals surface area contributed by atoms with Crippen molar-refractivity contribution in [2.75, 3.05) is 13.7 Å². The molecule has 5 rings (SSSR count). The van der Waals surface area contributed by atoms with Gasteiger partial charge in [0, 0.05) is 23.9 Å². The normalized spacial score (nSPS) is 23.7. The summed E-state index contributed by atoms with van der Waals surface area (Å²) in [6.45, 7) is 0.744. The van der Waals surface area contributed by atoms with Crippen molar-refractivity contribution in [3.63, 3.8) is 0 Å². The smallest absolute Gasteiger partial charge is 0.316 e. The highest BCUT2D eigenvalue weighted by molar-refractivity contribution is 5.88. The van der Waals surface area contributed by atoms with Crippen molar-refractivity contribution in [3.8, 4) is 22.9 Å². The third-order valence-electron chi connectivity index (χ3n) is 5.65. The molecule has 138 valence electrons. The molecule has 0 spiro atoms. The number of hydrogen-bond acceptors (Lipinski definition) is 5. The molecular weight excluding hydrogens is 340 g/mol. The van der Waals surface area contributed by atoms with Gasteiger partial charge in [0.25, 0.3) is 0 Å². The highest BCUT2D eigenvalue weighted by Crippen LogP contribution is 2.39. The van der Waals surface area contributed by atoms with E-state index in [1.165, 1.54) is 18.2 Å². The first-order chi connectivity index (χ1) is 13.3. The van der Waals surface area contributed by atoms with Crippen LogP contribution in [-0.4, -0.2) is 35.9 Å². The average Bonchev–Trinajstić information content (AvgIpc) is 3.35. The summed E-state index contributed by atoms with van der Waals surface area (Å²) in [5.74, 6) is 1.46. The Kier molecular flexibility index (Phi) is 4.17. The summed E-state index contributed by atoms with van der Waals surface area (Å²) in [6, 6.07) is 13.0. The molecule has 2 aliphatic rings. The fraction of sp³-hybridized carbons (Fsp3) is 0.364. The molecule has 2 fully saturated rings. The van der Waals surface area contributed by atoms with Crippen molar-refractivity contribution in [2.24, 2.45) is 5.92 Å². The average molecular weight is 362 g/mol. The zero-order valence-corrected chi connectivity index (χ0v) is 15.3. The molecule has 3 aromatic rings. The molecule has 0 N–H and O–H groups in total. The number of nitrogens with zero attached hydrogens (tertiary/aromatic N) is 2. The Balaban J connectivity index is 1.32. The number of ether oxygens (including phenoxy) is 3. The van der Waals surface area contributed by atoms with E-state index in [1.54, 1.807) is 19.5 Å². The number of rotatable bonds is 5. The molecular formula is C22H22N2O3. The SMILES string of the molecule is COc1ncc(-c2ccc3cc(OC[C@H]4C[C@@H]5CC[C@H]4O5)ccc3c2)cn1. The molecule has 5 heteroatoms. The van der Waals surface area contributed by atoms with Crippen LogP contribution in [0.3, 0.4) is 0 Å². The van der Waals surface area contributed by atoms with Gasteiger partial charge < -0.3 is 14.2 Å². The second-order valence-corrected chi connectivity index (χ2v) is 7.36. The van der Waals surface area contributed by atoms with Crippen LogP contribution in [0.15, 0.2) is 48.8 Å². The van der Waals surface area contributed by atoms with Crippen molar-refractivity contribution in [2.45, 2.75) is 31.5 Å². The van der Waals surface area contributed by atoms with Gasteiger partial charge in [0.2, 0.25) is 0 Å². The van der Waals surface area contributed by atoms with Crippen LogP contribution in [0.1, 0.15) is 19.3 Å². The largest absolute Gasteiger partial charge is 0.493 e. The van der Waals surface area contributed by atoms with Crippen molar-refractivity contribution >= 4 is 10.8 Å². The first-order valence-corrected chi connectivity index (χ1v) is 9.47. The summed E-state index contributed by atoms with van der Waals surface area (Å²) in [5, 5.41) is 2.33. The summed E-state index contributed by atoms with van der Waals surface area (Å²) in [7, 11) is 1.56. The van der Waals surface area contributed by atoms with Gasteiger partial charge in [0.15, 0.2) is 0 Å². The maximum atomic E-state index is 6.08. The minimum atomic E-state index is 0.377. The molecule has 5 nitrogen and oxygen atoms in total. The van der Waals surface area contributed by atoms with Gasteiger partial charge in [0.05, 0.1) is 25.9 Å². The van der Waals surface area contributed by atoms with Gasteiger partial charge in [-0.1, -0.05) is 18.2 Å². The number of benzene rings is 2. The lowest BCUT2D eigenvalue weighted by molar-refractivity contribution is 0.0825. The van der Waals surface area contributed by atoms with Gasteiger partial charge in [-0.05, 0) is 53.8 Å². The molecule has 27 heavy (non-hydrogen) atoms. The van der Waals surface area contributed by atoms with E-state index in [-0.39, 0.29) is 0 Å². The van der Waals surface area contributed by atoms with E-state index in [2.05, 4.69) is 40.3 Å². The van der Waals surface area contributed by atoms with Gasteiger partial charge in [0.1, 0.15) is 5.75 Å². The number of aromatic nitrogens is 2. The second kappa shape index (κ2) is 6.82. The van der Waals surface area contributed by atoms with Crippen LogP contribution in [0.2, 0.25) is 0 Å². The van der Waals surface area contributed by atoms with E-state index in [0.717, 1.165) is 35.3 Å². The lowest BCUT2D eigenvalue weighted by atomic mass is 9.90. The van der Waals surface area contributed by atoms with Gasteiger partial charge in [-0.15, -0.1) is 0 Å². The molecule has 0 radical (unpaired) electrons. The Labute approximate surface area is 158 Å². The topological polar surface area (TPSA) is 53.5 Å². The predicted molar refractivity (Wildman–Crippen MR) is 103 cm³/mol. The van der Waals surface area contributed by atoms with Crippen LogP contribution < -0.4 is 9.47 Å². The summed E-state index contributed by atoms with van der Waals surface area (Å²) in [6.07, 6.45) is 7.99. The van der Waals surface area contributed by atoms with E-state index < -0.39 is 0 Å². The molecule has 2 saturated heterocycles. The zero-order valence-electron chi connectivity index (χ0n) is 15.3. The molecule has 0 aliphatic carbocycles. The first-order valence-electron chi connectivity index (χ1n) is 9.47. The lowest BCUT2D eigenvalue weighted by Crippen LogP contribution is -2.23. The predicted octanol–water partition coefficient (Wildman–Crippen LogP) is 4.25. The molecule has 3 atom stereocenters. The van der Waals surface area contributed by atoms with Crippen LogP contribution in [0.4, 0.5) is 0 Å². The van der Waals surface area contributed by atoms with E-state index in [9.17, 15) is 0 Å². The van der Waals surface area contributed by atoms with Crippen LogP contribution in [0.25, 0.3) is 21.9 Å². The van der Waals surface area contributed by atoms with E-state index in [0.29, 0.717) is 24.1 Å². The lowest BCUT2D eigenvalue weighted by Gasteiger charge is -2.19. The Morgan fingerprint density at radius 3 is 2.56 bits per heavy atom. The maximum Gasteiger partial charge on any atom is 0.316 e. The second-order valence-electron chi connectivity index (χ2n) is 7.36. The fourth-order valence-corrected chi connectivity index (χ4v) is 4.19. The Morgan fingerprint density at radius 2 is 1.81 bits per heavy atom. The summed E-state index contributed by atoms with van der Waals surface area (Å²) < 4.78 is 17.0. The fourth-order valence-electron chi connectivity index (χ4n) is 4.19. The van der Waals surface area contributed by atoms with Crippen LogP contribution in [0.5, 0.6) is 11.8 Å². The van der Waals surface area contributed by atoms with Crippen LogP contribution in [0, 0.1) is 5.92 Å². The minimum Gasteiger partial charge on any atom is -0.493 e. The monoisotopic (exact) mass is 362 g/mol. The highest BCUT2D eigenvalue weighted by atomic mass is 16.5.